The zero-order chi connectivity index (χ0) is 15.0. The molecule has 0 aliphatic heterocycles. The summed E-state index contributed by atoms with van der Waals surface area (Å²) in [6, 6.07) is 13.9. The van der Waals surface area contributed by atoms with E-state index in [4.69, 9.17) is 5.73 Å². The van der Waals surface area contributed by atoms with E-state index < -0.39 is 0 Å². The van der Waals surface area contributed by atoms with Gasteiger partial charge in [-0.2, -0.15) is 0 Å². The molecule has 0 fully saturated rings. The average molecular weight is 343 g/mol. The third-order valence-electron chi connectivity index (χ3n) is 3.27. The highest BCUT2D eigenvalue weighted by Crippen LogP contribution is 2.25. The Morgan fingerprint density at radius 1 is 0.857 bits per heavy atom. The van der Waals surface area contributed by atoms with Gasteiger partial charge in [0.15, 0.2) is 0 Å². The van der Waals surface area contributed by atoms with E-state index in [0.717, 1.165) is 4.47 Å². The van der Waals surface area contributed by atoms with Crippen LogP contribution in [-0.2, 0) is 0 Å². The molecule has 1 aliphatic carbocycles. The molecule has 0 amide bonds. The Balaban J connectivity index is 2.02. The van der Waals surface area contributed by atoms with Crippen LogP contribution in [0.25, 0.3) is 0 Å². The first-order chi connectivity index (χ1) is 10.1. The molecule has 1 aliphatic rings. The lowest BCUT2D eigenvalue weighted by Gasteiger charge is -2.19. The highest BCUT2D eigenvalue weighted by atomic mass is 79.9. The molecule has 3 rings (SSSR count). The Kier molecular flexibility index (Phi) is 3.35. The first-order valence-electron chi connectivity index (χ1n) is 6.28. The summed E-state index contributed by atoms with van der Waals surface area (Å²) in [7, 11) is 0. The van der Waals surface area contributed by atoms with Gasteiger partial charge < -0.3 is 11.1 Å². The normalized spacial score (nSPS) is 14.1. The van der Waals surface area contributed by atoms with Crippen LogP contribution in [0.4, 0.5) is 5.69 Å². The minimum atomic E-state index is -0.329. The van der Waals surface area contributed by atoms with Gasteiger partial charge in [-0.25, -0.2) is 0 Å². The minimum absolute atomic E-state index is 0.0541. The molecule has 21 heavy (non-hydrogen) atoms. The third kappa shape index (κ3) is 2.36. The molecule has 3 N–H and O–H groups in total. The summed E-state index contributed by atoms with van der Waals surface area (Å²) in [5, 5.41) is 2.94. The lowest BCUT2D eigenvalue weighted by Crippen LogP contribution is -2.29. The number of allylic oxidation sites excluding steroid dienone is 2. The molecular formula is C16H11BrN2O2. The van der Waals surface area contributed by atoms with Crippen molar-refractivity contribution in [2.24, 2.45) is 5.73 Å². The second-order valence-corrected chi connectivity index (χ2v) is 5.54. The Morgan fingerprint density at radius 3 is 2.05 bits per heavy atom. The average Bonchev–Trinajstić information content (AvgIpc) is 2.51. The van der Waals surface area contributed by atoms with Crippen molar-refractivity contribution in [1.29, 1.82) is 0 Å². The van der Waals surface area contributed by atoms with Gasteiger partial charge in [-0.05, 0) is 24.3 Å². The maximum absolute atomic E-state index is 12.5. The molecule has 0 bridgehead atoms. The van der Waals surface area contributed by atoms with E-state index in [0.29, 0.717) is 16.8 Å². The van der Waals surface area contributed by atoms with E-state index in [9.17, 15) is 9.59 Å². The number of hydrogen-bond acceptors (Lipinski definition) is 4. The topological polar surface area (TPSA) is 72.2 Å². The fourth-order valence-corrected chi connectivity index (χ4v) is 2.46. The number of carbonyl (C=O) groups is 2. The molecule has 0 spiro atoms. The maximum Gasteiger partial charge on any atom is 0.212 e. The first-order valence-corrected chi connectivity index (χ1v) is 7.08. The van der Waals surface area contributed by atoms with Crippen molar-refractivity contribution < 1.29 is 9.59 Å². The van der Waals surface area contributed by atoms with Gasteiger partial charge in [-0.15, -0.1) is 0 Å². The number of ketones is 2. The number of halogens is 1. The van der Waals surface area contributed by atoms with E-state index in [1.807, 2.05) is 12.1 Å². The molecule has 0 radical (unpaired) electrons. The molecule has 5 heteroatoms. The van der Waals surface area contributed by atoms with Crippen LogP contribution >= 0.6 is 15.9 Å². The number of anilines is 1. The zero-order valence-electron chi connectivity index (χ0n) is 10.9. The van der Waals surface area contributed by atoms with Gasteiger partial charge in [0, 0.05) is 21.3 Å². The molecule has 0 atom stereocenters. The molecule has 0 saturated carbocycles. The van der Waals surface area contributed by atoms with Crippen molar-refractivity contribution in [1.82, 2.24) is 0 Å². The molecule has 0 heterocycles. The van der Waals surface area contributed by atoms with E-state index >= 15 is 0 Å². The predicted molar refractivity (Wildman–Crippen MR) is 84.1 cm³/mol. The van der Waals surface area contributed by atoms with Crippen molar-refractivity contribution in [2.75, 3.05) is 5.32 Å². The SMILES string of the molecule is NC1=C(Nc2ccc(Br)cc2)C(=O)c2ccccc2C1=O. The minimum Gasteiger partial charge on any atom is -0.394 e. The second-order valence-electron chi connectivity index (χ2n) is 4.62. The van der Waals surface area contributed by atoms with Crippen LogP contribution in [0.1, 0.15) is 20.7 Å². The summed E-state index contributed by atoms with van der Waals surface area (Å²) in [5.74, 6) is -0.601. The number of fused-ring (bicyclic) bond motifs is 1. The highest BCUT2D eigenvalue weighted by molar-refractivity contribution is 9.10. The number of Topliss-reactive ketones (excluding diaryl/α,β-unsaturated/α-hetero) is 2. The zero-order valence-corrected chi connectivity index (χ0v) is 12.5. The molecule has 2 aromatic rings. The molecule has 0 aromatic heterocycles. The van der Waals surface area contributed by atoms with Crippen molar-refractivity contribution in [3.05, 3.63) is 75.5 Å². The van der Waals surface area contributed by atoms with E-state index in [-0.39, 0.29) is 23.0 Å². The van der Waals surface area contributed by atoms with E-state index in [1.54, 1.807) is 36.4 Å². The summed E-state index contributed by atoms with van der Waals surface area (Å²) in [6.07, 6.45) is 0. The monoisotopic (exact) mass is 342 g/mol. The molecule has 4 nitrogen and oxygen atoms in total. The first kappa shape index (κ1) is 13.6. The smallest absolute Gasteiger partial charge is 0.212 e. The van der Waals surface area contributed by atoms with Crippen LogP contribution in [0, 0.1) is 0 Å². The van der Waals surface area contributed by atoms with Crippen molar-refractivity contribution >= 4 is 33.2 Å². The number of nitrogens with two attached hydrogens (primary N) is 1. The number of carbonyl (C=O) groups excluding carboxylic acids is 2. The number of hydrogen-bond donors (Lipinski definition) is 2. The molecule has 2 aromatic carbocycles. The van der Waals surface area contributed by atoms with Crippen LogP contribution in [0.15, 0.2) is 64.4 Å². The van der Waals surface area contributed by atoms with Crippen molar-refractivity contribution in [2.45, 2.75) is 0 Å². The fourth-order valence-electron chi connectivity index (χ4n) is 2.20. The maximum atomic E-state index is 12.5. The third-order valence-corrected chi connectivity index (χ3v) is 3.80. The second kappa shape index (κ2) is 5.18. The Hall–Kier alpha value is -2.40. The quantitative estimate of drug-likeness (QED) is 0.879. The highest BCUT2D eigenvalue weighted by Gasteiger charge is 2.30. The van der Waals surface area contributed by atoms with E-state index in [1.165, 1.54) is 0 Å². The Morgan fingerprint density at radius 2 is 1.43 bits per heavy atom. The van der Waals surface area contributed by atoms with Gasteiger partial charge in [-0.3, -0.25) is 9.59 Å². The molecule has 0 saturated heterocycles. The van der Waals surface area contributed by atoms with Crippen molar-refractivity contribution in [3.63, 3.8) is 0 Å². The van der Waals surface area contributed by atoms with Crippen molar-refractivity contribution in [3.8, 4) is 0 Å². The summed E-state index contributed by atoms with van der Waals surface area (Å²) >= 11 is 3.34. The molecular weight excluding hydrogens is 332 g/mol. The Bertz CT molecular complexity index is 779. The van der Waals surface area contributed by atoms with Crippen LogP contribution in [0.3, 0.4) is 0 Å². The van der Waals surface area contributed by atoms with E-state index in [2.05, 4.69) is 21.2 Å². The van der Waals surface area contributed by atoms with Gasteiger partial charge in [0.1, 0.15) is 11.4 Å². The van der Waals surface area contributed by atoms with Gasteiger partial charge in [-0.1, -0.05) is 40.2 Å². The summed E-state index contributed by atoms with van der Waals surface area (Å²) in [6.45, 7) is 0. The summed E-state index contributed by atoms with van der Waals surface area (Å²) in [5.41, 5.74) is 7.33. The van der Waals surface area contributed by atoms with Gasteiger partial charge in [0.2, 0.25) is 11.6 Å². The fraction of sp³-hybridized carbons (Fsp3) is 0. The summed E-state index contributed by atoms with van der Waals surface area (Å²) in [4.78, 5) is 24.7. The van der Waals surface area contributed by atoms with Gasteiger partial charge in [0.25, 0.3) is 0 Å². The largest absolute Gasteiger partial charge is 0.394 e. The van der Waals surface area contributed by atoms with Crippen LogP contribution < -0.4 is 11.1 Å². The number of benzene rings is 2. The lowest BCUT2D eigenvalue weighted by molar-refractivity contribution is 0.0974. The van der Waals surface area contributed by atoms with Gasteiger partial charge in [0.05, 0.1) is 0 Å². The standard InChI is InChI=1S/C16H11BrN2O2/c17-9-5-7-10(8-6-9)19-14-13(18)15(20)11-3-1-2-4-12(11)16(14)21/h1-8,19H,18H2. The number of nitrogens with one attached hydrogen (secondary N) is 1. The van der Waals surface area contributed by atoms with Gasteiger partial charge >= 0.3 is 0 Å². The summed E-state index contributed by atoms with van der Waals surface area (Å²) < 4.78 is 0.923. The lowest BCUT2D eigenvalue weighted by atomic mass is 9.90. The Labute approximate surface area is 129 Å². The van der Waals surface area contributed by atoms with Crippen LogP contribution in [0.5, 0.6) is 0 Å². The predicted octanol–water partition coefficient (Wildman–Crippen LogP) is 3.11. The molecule has 104 valence electrons. The van der Waals surface area contributed by atoms with Crippen LogP contribution in [0.2, 0.25) is 0 Å². The van der Waals surface area contributed by atoms with Crippen LogP contribution in [-0.4, -0.2) is 11.6 Å². The number of rotatable bonds is 2. The molecule has 0 unspecified atom stereocenters.